The summed E-state index contributed by atoms with van der Waals surface area (Å²) >= 11 is 1.95. The van der Waals surface area contributed by atoms with Gasteiger partial charge in [-0.05, 0) is 92.8 Å². The van der Waals surface area contributed by atoms with Gasteiger partial charge >= 0.3 is 0 Å². The topological polar surface area (TPSA) is 49.2 Å². The van der Waals surface area contributed by atoms with Gasteiger partial charge in [-0.2, -0.15) is 11.8 Å². The number of aryl methyl sites for hydroxylation is 2. The second-order valence-electron chi connectivity index (χ2n) is 9.83. The molecule has 1 N–H and O–H groups in total. The molecule has 4 aromatic rings. The van der Waals surface area contributed by atoms with Gasteiger partial charge in [0.1, 0.15) is 5.82 Å². The number of hydrogen-bond donors (Lipinski definition) is 1. The Labute approximate surface area is 201 Å². The van der Waals surface area contributed by atoms with Crippen molar-refractivity contribution < 1.29 is 0 Å². The second kappa shape index (κ2) is 9.15. The van der Waals surface area contributed by atoms with Crippen LogP contribution < -0.4 is 0 Å². The number of aromatic nitrogens is 4. The predicted octanol–water partition coefficient (Wildman–Crippen LogP) is 6.16. The Morgan fingerprint density at radius 2 is 1.91 bits per heavy atom. The van der Waals surface area contributed by atoms with E-state index in [1.165, 1.54) is 71.5 Å². The number of pyridine rings is 1. The minimum atomic E-state index is 0.426. The highest BCUT2D eigenvalue weighted by Gasteiger charge is 2.23. The number of hydrogen-bond acceptors (Lipinski definition) is 4. The second-order valence-corrected chi connectivity index (χ2v) is 10.8. The first-order valence-electron chi connectivity index (χ1n) is 12.2. The first-order chi connectivity index (χ1) is 16.0. The maximum Gasteiger partial charge on any atom is 0.163 e. The van der Waals surface area contributed by atoms with Crippen molar-refractivity contribution in [3.8, 4) is 11.3 Å². The standard InChI is InChI=1S/C27H35N5S/c1-17(2)25-23-15-21(20-8-10-31(11-9-20)12-13-33-5)6-7-24(23)28-26(25)22-14-18(3)27-30-29-19(4)32(27)16-22/h6-7,14-17,20,28H,8-13H2,1-5H3. The predicted molar refractivity (Wildman–Crippen MR) is 141 cm³/mol. The summed E-state index contributed by atoms with van der Waals surface area (Å²) in [5.41, 5.74) is 8.65. The molecule has 0 unspecified atom stereocenters. The Balaban J connectivity index is 1.52. The lowest BCUT2D eigenvalue weighted by molar-refractivity contribution is 0.224. The Morgan fingerprint density at radius 1 is 1.12 bits per heavy atom. The molecule has 0 saturated carbocycles. The molecule has 1 aliphatic heterocycles. The average Bonchev–Trinajstić information content (AvgIpc) is 3.38. The monoisotopic (exact) mass is 461 g/mol. The van der Waals surface area contributed by atoms with Crippen LogP contribution in [-0.2, 0) is 0 Å². The highest BCUT2D eigenvalue weighted by atomic mass is 32.2. The Kier molecular flexibility index (Phi) is 6.23. The first-order valence-corrected chi connectivity index (χ1v) is 13.5. The molecule has 0 atom stereocenters. The molecule has 1 aromatic carbocycles. The van der Waals surface area contributed by atoms with E-state index in [0.29, 0.717) is 11.8 Å². The lowest BCUT2D eigenvalue weighted by Crippen LogP contribution is -2.34. The molecule has 3 aromatic heterocycles. The third kappa shape index (κ3) is 4.19. The fourth-order valence-corrected chi connectivity index (χ4v) is 5.87. The number of benzene rings is 1. The van der Waals surface area contributed by atoms with E-state index in [1.807, 2.05) is 18.7 Å². The van der Waals surface area contributed by atoms with Gasteiger partial charge < -0.3 is 9.88 Å². The van der Waals surface area contributed by atoms with Gasteiger partial charge in [0, 0.05) is 35.0 Å². The molecular weight excluding hydrogens is 426 g/mol. The lowest BCUT2D eigenvalue weighted by atomic mass is 9.87. The highest BCUT2D eigenvalue weighted by molar-refractivity contribution is 7.98. The van der Waals surface area contributed by atoms with Crippen molar-refractivity contribution in [1.82, 2.24) is 24.5 Å². The number of rotatable bonds is 6. The molecule has 0 amide bonds. The molecule has 33 heavy (non-hydrogen) atoms. The van der Waals surface area contributed by atoms with Gasteiger partial charge in [0.05, 0.1) is 5.69 Å². The van der Waals surface area contributed by atoms with Crippen molar-refractivity contribution in [1.29, 1.82) is 0 Å². The van der Waals surface area contributed by atoms with Crippen molar-refractivity contribution in [2.24, 2.45) is 0 Å². The van der Waals surface area contributed by atoms with Gasteiger partial charge in [-0.1, -0.05) is 19.9 Å². The number of piperidine rings is 1. The van der Waals surface area contributed by atoms with Crippen LogP contribution in [0.3, 0.4) is 0 Å². The number of nitrogens with zero attached hydrogens (tertiary/aromatic N) is 4. The molecule has 1 aliphatic rings. The number of fused-ring (bicyclic) bond motifs is 2. The van der Waals surface area contributed by atoms with E-state index >= 15 is 0 Å². The first kappa shape index (κ1) is 22.5. The van der Waals surface area contributed by atoms with Gasteiger partial charge in [-0.25, -0.2) is 0 Å². The summed E-state index contributed by atoms with van der Waals surface area (Å²) < 4.78 is 2.11. The molecule has 6 heteroatoms. The minimum Gasteiger partial charge on any atom is -0.354 e. The van der Waals surface area contributed by atoms with Gasteiger partial charge in [-0.15, -0.1) is 10.2 Å². The van der Waals surface area contributed by atoms with Crippen LogP contribution in [0.5, 0.6) is 0 Å². The fourth-order valence-electron chi connectivity index (χ4n) is 5.43. The Hall–Kier alpha value is -2.31. The van der Waals surface area contributed by atoms with Gasteiger partial charge in [0.25, 0.3) is 0 Å². The Morgan fingerprint density at radius 3 is 2.64 bits per heavy atom. The maximum atomic E-state index is 4.34. The zero-order valence-electron chi connectivity index (χ0n) is 20.5. The molecule has 0 spiro atoms. The molecule has 4 heterocycles. The summed E-state index contributed by atoms with van der Waals surface area (Å²) in [6.45, 7) is 12.4. The summed E-state index contributed by atoms with van der Waals surface area (Å²) in [5, 5.41) is 9.99. The van der Waals surface area contributed by atoms with E-state index in [4.69, 9.17) is 0 Å². The van der Waals surface area contributed by atoms with Crippen LogP contribution in [0.15, 0.2) is 30.5 Å². The van der Waals surface area contributed by atoms with E-state index in [2.05, 4.69) is 82.0 Å². The highest BCUT2D eigenvalue weighted by Crippen LogP contribution is 2.38. The average molecular weight is 462 g/mol. The molecule has 174 valence electrons. The molecule has 1 fully saturated rings. The van der Waals surface area contributed by atoms with Gasteiger partial charge in [0.2, 0.25) is 0 Å². The summed E-state index contributed by atoms with van der Waals surface area (Å²) in [6.07, 6.45) is 6.90. The number of aromatic amines is 1. The van der Waals surface area contributed by atoms with Crippen molar-refractivity contribution in [3.63, 3.8) is 0 Å². The number of nitrogens with one attached hydrogen (secondary N) is 1. The largest absolute Gasteiger partial charge is 0.354 e. The minimum absolute atomic E-state index is 0.426. The van der Waals surface area contributed by atoms with E-state index in [-0.39, 0.29) is 0 Å². The molecule has 0 radical (unpaired) electrons. The molecule has 5 nitrogen and oxygen atoms in total. The Bertz CT molecular complexity index is 1280. The summed E-state index contributed by atoms with van der Waals surface area (Å²) in [5.74, 6) is 3.25. The van der Waals surface area contributed by atoms with Crippen LogP contribution in [0.2, 0.25) is 0 Å². The lowest BCUT2D eigenvalue weighted by Gasteiger charge is -2.32. The summed E-state index contributed by atoms with van der Waals surface area (Å²) in [4.78, 5) is 6.39. The van der Waals surface area contributed by atoms with Gasteiger partial charge in [-0.3, -0.25) is 4.40 Å². The summed E-state index contributed by atoms with van der Waals surface area (Å²) in [6, 6.07) is 9.37. The van der Waals surface area contributed by atoms with Crippen molar-refractivity contribution in [2.45, 2.75) is 52.4 Å². The summed E-state index contributed by atoms with van der Waals surface area (Å²) in [7, 11) is 0. The zero-order chi connectivity index (χ0) is 23.1. The van der Waals surface area contributed by atoms with Crippen LogP contribution in [-0.4, -0.2) is 56.1 Å². The van der Waals surface area contributed by atoms with E-state index in [9.17, 15) is 0 Å². The van der Waals surface area contributed by atoms with E-state index in [0.717, 1.165) is 17.0 Å². The third-order valence-electron chi connectivity index (χ3n) is 7.26. The molecule has 5 rings (SSSR count). The quantitative estimate of drug-likeness (QED) is 0.374. The fraction of sp³-hybridized carbons (Fsp3) is 0.481. The molecule has 0 bridgehead atoms. The zero-order valence-corrected chi connectivity index (χ0v) is 21.3. The maximum absolute atomic E-state index is 4.34. The van der Waals surface area contributed by atoms with Crippen LogP contribution in [0.25, 0.3) is 27.8 Å². The van der Waals surface area contributed by atoms with Crippen LogP contribution in [0.4, 0.5) is 0 Å². The SMILES string of the molecule is CSCCN1CCC(c2ccc3[nH]c(-c4cc(C)c5nnc(C)n5c4)c(C(C)C)c3c2)CC1. The van der Waals surface area contributed by atoms with Crippen molar-refractivity contribution in [2.75, 3.05) is 31.6 Å². The van der Waals surface area contributed by atoms with Crippen LogP contribution in [0.1, 0.15) is 61.0 Å². The smallest absolute Gasteiger partial charge is 0.163 e. The molecule has 0 aliphatic carbocycles. The van der Waals surface area contributed by atoms with E-state index < -0.39 is 0 Å². The number of thioether (sulfide) groups is 1. The number of H-pyrrole nitrogens is 1. The van der Waals surface area contributed by atoms with Crippen LogP contribution in [0, 0.1) is 13.8 Å². The normalized spacial score (nSPS) is 15.9. The third-order valence-corrected chi connectivity index (χ3v) is 7.85. The van der Waals surface area contributed by atoms with E-state index in [1.54, 1.807) is 0 Å². The van der Waals surface area contributed by atoms with Crippen LogP contribution >= 0.6 is 11.8 Å². The molecule has 1 saturated heterocycles. The number of likely N-dealkylation sites (tertiary alicyclic amines) is 1. The van der Waals surface area contributed by atoms with Gasteiger partial charge in [0.15, 0.2) is 5.65 Å². The molecular formula is C27H35N5S. The van der Waals surface area contributed by atoms with Crippen molar-refractivity contribution in [3.05, 3.63) is 53.0 Å². The van der Waals surface area contributed by atoms with Crippen molar-refractivity contribution >= 4 is 28.3 Å².